The van der Waals surface area contributed by atoms with Crippen LogP contribution in [0.4, 0.5) is 0 Å². The van der Waals surface area contributed by atoms with Crippen molar-refractivity contribution >= 4 is 11.8 Å². The summed E-state index contributed by atoms with van der Waals surface area (Å²) in [6.45, 7) is 9.24. The van der Waals surface area contributed by atoms with Gasteiger partial charge in [0.05, 0.1) is 0 Å². The van der Waals surface area contributed by atoms with Crippen LogP contribution < -0.4 is 10.6 Å². The fourth-order valence-electron chi connectivity index (χ4n) is 2.01. The lowest BCUT2D eigenvalue weighted by atomic mass is 10.3. The molecule has 0 atom stereocenters. The number of rotatable bonds is 0. The third-order valence-corrected chi connectivity index (χ3v) is 4.25. The van der Waals surface area contributed by atoms with Gasteiger partial charge in [-0.1, -0.05) is 0 Å². The first kappa shape index (κ1) is 16.2. The van der Waals surface area contributed by atoms with Crippen LogP contribution in [0.2, 0.25) is 0 Å². The molecule has 2 N–H and O–H groups in total. The highest BCUT2D eigenvalue weighted by atomic mass is 32.2. The van der Waals surface area contributed by atoms with Gasteiger partial charge in [0, 0.05) is 50.8 Å². The zero-order chi connectivity index (χ0) is 13.1. The fraction of sp³-hybridized carbons (Fsp3) is 1.00. The summed E-state index contributed by atoms with van der Waals surface area (Å²) in [5.41, 5.74) is 0. The van der Waals surface area contributed by atoms with Gasteiger partial charge in [-0.2, -0.15) is 11.8 Å². The highest BCUT2D eigenvalue weighted by Gasteiger charge is 2.02. The maximum absolute atomic E-state index is 3.51. The third-order valence-electron chi connectivity index (χ3n) is 3.27. The predicted molar refractivity (Wildman–Crippen MR) is 82.7 cm³/mol. The monoisotopic (exact) mass is 274 g/mol. The molecule has 0 aliphatic carbocycles. The van der Waals surface area contributed by atoms with Gasteiger partial charge < -0.3 is 20.4 Å². The van der Waals surface area contributed by atoms with Crippen molar-refractivity contribution in [2.75, 3.05) is 78.0 Å². The van der Waals surface area contributed by atoms with E-state index in [1.807, 2.05) is 11.8 Å². The van der Waals surface area contributed by atoms with Crippen LogP contribution in [0.25, 0.3) is 0 Å². The topological polar surface area (TPSA) is 30.5 Å². The zero-order valence-corrected chi connectivity index (χ0v) is 12.9. The van der Waals surface area contributed by atoms with Crippen molar-refractivity contribution in [3.8, 4) is 0 Å². The summed E-state index contributed by atoms with van der Waals surface area (Å²) >= 11 is 2.04. The van der Waals surface area contributed by atoms with Gasteiger partial charge in [0.25, 0.3) is 0 Å². The summed E-state index contributed by atoms with van der Waals surface area (Å²) in [5, 5.41) is 7.03. The molecule has 4 nitrogen and oxygen atoms in total. The molecule has 0 amide bonds. The molecule has 0 aromatic carbocycles. The van der Waals surface area contributed by atoms with Crippen LogP contribution in [0.15, 0.2) is 0 Å². The van der Waals surface area contributed by atoms with Crippen molar-refractivity contribution in [3.05, 3.63) is 0 Å². The van der Waals surface area contributed by atoms with E-state index in [1.54, 1.807) is 0 Å². The molecule has 0 bridgehead atoms. The second kappa shape index (κ2) is 11.1. The zero-order valence-electron chi connectivity index (χ0n) is 12.1. The molecule has 1 fully saturated rings. The largest absolute Gasteiger partial charge is 0.315 e. The molecule has 1 aliphatic rings. The van der Waals surface area contributed by atoms with E-state index >= 15 is 0 Å². The van der Waals surface area contributed by atoms with Crippen LogP contribution >= 0.6 is 11.8 Å². The molecule has 5 heteroatoms. The summed E-state index contributed by atoms with van der Waals surface area (Å²) in [6, 6.07) is 0. The molecular formula is C13H30N4S. The molecule has 1 heterocycles. The summed E-state index contributed by atoms with van der Waals surface area (Å²) < 4.78 is 0. The Hall–Kier alpha value is 0.190. The Bertz CT molecular complexity index is 174. The Kier molecular flexibility index (Phi) is 9.98. The number of nitrogens with one attached hydrogen (secondary N) is 2. The SMILES string of the molecule is CN1CCCN(C)CCNCCSCCNCC1. The van der Waals surface area contributed by atoms with Crippen LogP contribution in [0.3, 0.4) is 0 Å². The second-order valence-electron chi connectivity index (χ2n) is 5.07. The quantitative estimate of drug-likeness (QED) is 0.657. The van der Waals surface area contributed by atoms with Gasteiger partial charge in [0.15, 0.2) is 0 Å². The number of hydrogen-bond donors (Lipinski definition) is 2. The lowest BCUT2D eigenvalue weighted by Gasteiger charge is -2.21. The molecule has 1 saturated heterocycles. The minimum atomic E-state index is 1.12. The van der Waals surface area contributed by atoms with E-state index in [2.05, 4.69) is 34.5 Å². The number of nitrogens with zero attached hydrogens (tertiary/aromatic N) is 2. The third kappa shape index (κ3) is 9.16. The molecule has 18 heavy (non-hydrogen) atoms. The fourth-order valence-corrected chi connectivity index (χ4v) is 2.80. The van der Waals surface area contributed by atoms with E-state index in [9.17, 15) is 0 Å². The van der Waals surface area contributed by atoms with Gasteiger partial charge >= 0.3 is 0 Å². The molecule has 0 aromatic rings. The van der Waals surface area contributed by atoms with E-state index in [0.717, 1.165) is 39.3 Å². The molecule has 0 unspecified atom stereocenters. The average molecular weight is 274 g/mol. The van der Waals surface area contributed by atoms with Crippen LogP contribution in [-0.4, -0.2) is 87.8 Å². The predicted octanol–water partition coefficient (Wildman–Crippen LogP) is 0.166. The number of thioether (sulfide) groups is 1. The van der Waals surface area contributed by atoms with E-state index in [0.29, 0.717) is 0 Å². The number of hydrogen-bond acceptors (Lipinski definition) is 5. The maximum atomic E-state index is 3.51. The lowest BCUT2D eigenvalue weighted by molar-refractivity contribution is 0.278. The Morgan fingerprint density at radius 3 is 1.72 bits per heavy atom. The van der Waals surface area contributed by atoms with Crippen molar-refractivity contribution in [1.29, 1.82) is 0 Å². The van der Waals surface area contributed by atoms with E-state index < -0.39 is 0 Å². The van der Waals surface area contributed by atoms with E-state index in [4.69, 9.17) is 0 Å². The Morgan fingerprint density at radius 1 is 0.722 bits per heavy atom. The standard InChI is InChI=1S/C13H30N4S/c1-16-8-3-9-17(2)11-5-15-7-13-18-12-6-14-4-10-16/h14-15H,3-13H2,1-2H3. The normalized spacial score (nSPS) is 25.0. The molecule has 0 aromatic heterocycles. The van der Waals surface area contributed by atoms with Gasteiger partial charge in [-0.25, -0.2) is 0 Å². The summed E-state index contributed by atoms with van der Waals surface area (Å²) in [7, 11) is 4.45. The molecule has 1 aliphatic heterocycles. The van der Waals surface area contributed by atoms with Crippen LogP contribution in [0.1, 0.15) is 6.42 Å². The molecule has 0 spiro atoms. The van der Waals surface area contributed by atoms with Gasteiger partial charge in [-0.15, -0.1) is 0 Å². The first-order valence-corrected chi connectivity index (χ1v) is 8.31. The van der Waals surface area contributed by atoms with Crippen LogP contribution in [0.5, 0.6) is 0 Å². The van der Waals surface area contributed by atoms with Gasteiger partial charge in [0.1, 0.15) is 0 Å². The van der Waals surface area contributed by atoms with Crippen molar-refractivity contribution < 1.29 is 0 Å². The highest BCUT2D eigenvalue weighted by molar-refractivity contribution is 7.99. The van der Waals surface area contributed by atoms with Crippen molar-refractivity contribution in [2.24, 2.45) is 0 Å². The Labute approximate surface area is 117 Å². The lowest BCUT2D eigenvalue weighted by Crippen LogP contribution is -2.34. The molecule has 108 valence electrons. The molecule has 1 rings (SSSR count). The highest BCUT2D eigenvalue weighted by Crippen LogP contribution is 1.96. The molecule has 0 radical (unpaired) electrons. The maximum Gasteiger partial charge on any atom is 0.0104 e. The van der Waals surface area contributed by atoms with Gasteiger partial charge in [0.2, 0.25) is 0 Å². The van der Waals surface area contributed by atoms with Crippen molar-refractivity contribution in [3.63, 3.8) is 0 Å². The van der Waals surface area contributed by atoms with E-state index in [1.165, 1.54) is 31.0 Å². The summed E-state index contributed by atoms with van der Waals surface area (Å²) in [6.07, 6.45) is 1.27. The van der Waals surface area contributed by atoms with Gasteiger partial charge in [-0.05, 0) is 33.6 Å². The van der Waals surface area contributed by atoms with Crippen LogP contribution in [-0.2, 0) is 0 Å². The van der Waals surface area contributed by atoms with Crippen LogP contribution in [0, 0.1) is 0 Å². The first-order chi connectivity index (χ1) is 8.79. The number of likely N-dealkylation sites (N-methyl/N-ethyl adjacent to an activating group) is 2. The Balaban J connectivity index is 2.18. The van der Waals surface area contributed by atoms with Gasteiger partial charge in [-0.3, -0.25) is 0 Å². The smallest absolute Gasteiger partial charge is 0.0104 e. The Morgan fingerprint density at radius 2 is 1.22 bits per heavy atom. The minimum absolute atomic E-state index is 1.12. The summed E-state index contributed by atoms with van der Waals surface area (Å²) in [5.74, 6) is 2.45. The molecule has 0 saturated carbocycles. The average Bonchev–Trinajstić information content (AvgIpc) is 2.34. The van der Waals surface area contributed by atoms with Crippen molar-refractivity contribution in [1.82, 2.24) is 20.4 Å². The van der Waals surface area contributed by atoms with E-state index in [-0.39, 0.29) is 0 Å². The first-order valence-electron chi connectivity index (χ1n) is 7.15. The van der Waals surface area contributed by atoms with Crippen molar-refractivity contribution in [2.45, 2.75) is 6.42 Å². The second-order valence-corrected chi connectivity index (χ2v) is 6.30. The minimum Gasteiger partial charge on any atom is -0.315 e. The summed E-state index contributed by atoms with van der Waals surface area (Å²) in [4.78, 5) is 4.86. The molecular weight excluding hydrogens is 244 g/mol.